The first-order chi connectivity index (χ1) is 11.2. The molecule has 0 atom stereocenters. The number of benzene rings is 1. The van der Waals surface area contributed by atoms with E-state index in [1.807, 2.05) is 17.0 Å². The molecule has 1 aliphatic carbocycles. The number of likely N-dealkylation sites (tertiary alicyclic amines) is 1. The fourth-order valence-electron chi connectivity index (χ4n) is 3.50. The number of aromatic nitrogens is 1. The summed E-state index contributed by atoms with van der Waals surface area (Å²) in [6.07, 6.45) is 7.12. The van der Waals surface area contributed by atoms with Crippen molar-refractivity contribution in [3.63, 3.8) is 0 Å². The number of carbonyl (C=O) groups is 1. The molecule has 1 saturated heterocycles. The summed E-state index contributed by atoms with van der Waals surface area (Å²) in [5.41, 5.74) is 7.39. The zero-order valence-electron chi connectivity index (χ0n) is 13.1. The third kappa shape index (κ3) is 2.40. The second-order valence-corrected chi connectivity index (χ2v) is 6.60. The monoisotopic (exact) mass is 311 g/mol. The Hall–Kier alpha value is -2.30. The number of hydrogen-bond acceptors (Lipinski definition) is 3. The highest BCUT2D eigenvalue weighted by atomic mass is 16.2. The van der Waals surface area contributed by atoms with Crippen LogP contribution in [-0.4, -0.2) is 28.5 Å². The quantitative estimate of drug-likeness (QED) is 0.867. The van der Waals surface area contributed by atoms with Gasteiger partial charge in [0.15, 0.2) is 0 Å². The highest BCUT2D eigenvalue weighted by Gasteiger charge is 2.28. The minimum Gasteiger partial charge on any atom is -0.398 e. The molecule has 1 aliphatic heterocycles. The molecule has 2 aromatic rings. The van der Waals surface area contributed by atoms with E-state index in [2.05, 4.69) is 4.57 Å². The summed E-state index contributed by atoms with van der Waals surface area (Å²) < 4.78 is 2.07. The predicted octanol–water partition coefficient (Wildman–Crippen LogP) is 2.54. The first-order valence-corrected chi connectivity index (χ1v) is 8.39. The Kier molecular flexibility index (Phi) is 3.36. The molecule has 0 radical (unpaired) electrons. The standard InChI is InChI=1S/C18H21N3O2/c19-14-5-4-6-15-16(14)17(22)13(11-21(15)12-7-8-12)18(23)20-9-2-1-3-10-20/h4-6,11-12H,1-3,7-10,19H2. The van der Waals surface area contributed by atoms with E-state index in [4.69, 9.17) is 5.73 Å². The molecule has 0 bridgehead atoms. The van der Waals surface area contributed by atoms with Gasteiger partial charge in [-0.25, -0.2) is 0 Å². The maximum atomic E-state index is 12.9. The summed E-state index contributed by atoms with van der Waals surface area (Å²) in [5, 5.41) is 0.488. The second kappa shape index (κ2) is 5.41. The van der Waals surface area contributed by atoms with E-state index in [1.165, 1.54) is 0 Å². The minimum atomic E-state index is -0.231. The van der Waals surface area contributed by atoms with E-state index in [1.54, 1.807) is 12.3 Å². The van der Waals surface area contributed by atoms with Crippen molar-refractivity contribution in [1.29, 1.82) is 0 Å². The van der Waals surface area contributed by atoms with Crippen LogP contribution in [0.4, 0.5) is 5.69 Å². The molecule has 0 unspecified atom stereocenters. The van der Waals surface area contributed by atoms with Crippen molar-refractivity contribution in [3.8, 4) is 0 Å². The molecule has 2 fully saturated rings. The molecule has 2 aliphatic rings. The van der Waals surface area contributed by atoms with Gasteiger partial charge in [0.25, 0.3) is 5.91 Å². The molecule has 23 heavy (non-hydrogen) atoms. The highest BCUT2D eigenvalue weighted by Crippen LogP contribution is 2.37. The molecule has 5 heteroatoms. The number of nitrogens with two attached hydrogens (primary N) is 1. The maximum Gasteiger partial charge on any atom is 0.259 e. The lowest BCUT2D eigenvalue weighted by molar-refractivity contribution is 0.0722. The van der Waals surface area contributed by atoms with Crippen LogP contribution < -0.4 is 11.2 Å². The summed E-state index contributed by atoms with van der Waals surface area (Å²) >= 11 is 0. The summed E-state index contributed by atoms with van der Waals surface area (Å²) in [6.45, 7) is 1.48. The topological polar surface area (TPSA) is 68.3 Å². The highest BCUT2D eigenvalue weighted by molar-refractivity contribution is 6.00. The fraction of sp³-hybridized carbons (Fsp3) is 0.444. The van der Waals surface area contributed by atoms with Crippen LogP contribution in [-0.2, 0) is 0 Å². The van der Waals surface area contributed by atoms with Gasteiger partial charge in [-0.15, -0.1) is 0 Å². The van der Waals surface area contributed by atoms with Crippen molar-refractivity contribution in [2.24, 2.45) is 0 Å². The molecule has 1 saturated carbocycles. The fourth-order valence-corrected chi connectivity index (χ4v) is 3.50. The van der Waals surface area contributed by atoms with Crippen LogP contribution in [0.5, 0.6) is 0 Å². The van der Waals surface area contributed by atoms with Crippen LogP contribution in [0.3, 0.4) is 0 Å². The van der Waals surface area contributed by atoms with Gasteiger partial charge in [0.05, 0.1) is 10.9 Å². The van der Waals surface area contributed by atoms with Crippen LogP contribution in [0.25, 0.3) is 10.9 Å². The van der Waals surface area contributed by atoms with Gasteiger partial charge in [-0.2, -0.15) is 0 Å². The molecule has 0 spiro atoms. The average molecular weight is 311 g/mol. The van der Waals surface area contributed by atoms with Gasteiger partial charge in [-0.3, -0.25) is 9.59 Å². The summed E-state index contributed by atoms with van der Waals surface area (Å²) in [5.74, 6) is -0.144. The summed E-state index contributed by atoms with van der Waals surface area (Å²) in [4.78, 5) is 27.5. The Bertz CT molecular complexity index is 830. The van der Waals surface area contributed by atoms with Gasteiger partial charge < -0.3 is 15.2 Å². The average Bonchev–Trinajstić information content (AvgIpc) is 3.40. The van der Waals surface area contributed by atoms with E-state index >= 15 is 0 Å². The number of nitrogens with zero attached hydrogens (tertiary/aromatic N) is 2. The number of piperidine rings is 1. The lowest BCUT2D eigenvalue weighted by atomic mass is 10.1. The first kappa shape index (κ1) is 14.3. The number of pyridine rings is 1. The van der Waals surface area contributed by atoms with Crippen molar-refractivity contribution in [3.05, 3.63) is 40.2 Å². The number of hydrogen-bond donors (Lipinski definition) is 1. The maximum absolute atomic E-state index is 12.9. The first-order valence-electron chi connectivity index (χ1n) is 8.39. The van der Waals surface area contributed by atoms with Crippen molar-refractivity contribution < 1.29 is 4.79 Å². The van der Waals surface area contributed by atoms with Crippen LogP contribution in [0.1, 0.15) is 48.5 Å². The smallest absolute Gasteiger partial charge is 0.259 e. The van der Waals surface area contributed by atoms with Crippen molar-refractivity contribution in [1.82, 2.24) is 9.47 Å². The van der Waals surface area contributed by atoms with Crippen molar-refractivity contribution >= 4 is 22.5 Å². The zero-order chi connectivity index (χ0) is 16.0. The number of rotatable bonds is 2. The Labute approximate surface area is 134 Å². The van der Waals surface area contributed by atoms with Crippen LogP contribution in [0, 0.1) is 0 Å². The Morgan fingerprint density at radius 2 is 1.87 bits per heavy atom. The predicted molar refractivity (Wildman–Crippen MR) is 90.6 cm³/mol. The molecular formula is C18H21N3O2. The normalized spacial score (nSPS) is 18.3. The van der Waals surface area contributed by atoms with Crippen LogP contribution in [0.2, 0.25) is 0 Å². The van der Waals surface area contributed by atoms with Crippen molar-refractivity contribution in [2.45, 2.75) is 38.1 Å². The lowest BCUT2D eigenvalue weighted by Crippen LogP contribution is -2.38. The second-order valence-electron chi connectivity index (χ2n) is 6.60. The molecule has 1 aromatic heterocycles. The number of anilines is 1. The van der Waals surface area contributed by atoms with Gasteiger partial charge in [-0.05, 0) is 44.2 Å². The van der Waals surface area contributed by atoms with Gasteiger partial charge in [-0.1, -0.05) is 6.07 Å². The summed E-state index contributed by atoms with van der Waals surface area (Å²) in [6, 6.07) is 5.89. The minimum absolute atomic E-state index is 0.144. The zero-order valence-corrected chi connectivity index (χ0v) is 13.1. The molecule has 1 aromatic carbocycles. The van der Waals surface area contributed by atoms with E-state index in [9.17, 15) is 9.59 Å². The number of nitrogen functional groups attached to an aromatic ring is 1. The van der Waals surface area contributed by atoms with E-state index in [-0.39, 0.29) is 16.9 Å². The largest absolute Gasteiger partial charge is 0.398 e. The third-order valence-electron chi connectivity index (χ3n) is 4.91. The molecule has 120 valence electrons. The van der Waals surface area contributed by atoms with Gasteiger partial charge >= 0.3 is 0 Å². The molecule has 4 rings (SSSR count). The Morgan fingerprint density at radius 1 is 1.13 bits per heavy atom. The van der Waals surface area contributed by atoms with E-state index < -0.39 is 0 Å². The Balaban J connectivity index is 1.89. The molecule has 2 heterocycles. The lowest BCUT2D eigenvalue weighted by Gasteiger charge is -2.27. The molecular weight excluding hydrogens is 290 g/mol. The number of carbonyl (C=O) groups excluding carboxylic acids is 1. The van der Waals surface area contributed by atoms with Gasteiger partial charge in [0.2, 0.25) is 5.43 Å². The summed E-state index contributed by atoms with van der Waals surface area (Å²) in [7, 11) is 0. The number of fused-ring (bicyclic) bond motifs is 1. The molecule has 2 N–H and O–H groups in total. The van der Waals surface area contributed by atoms with Gasteiger partial charge in [0.1, 0.15) is 5.56 Å². The Morgan fingerprint density at radius 3 is 2.57 bits per heavy atom. The van der Waals surface area contributed by atoms with Crippen molar-refractivity contribution in [2.75, 3.05) is 18.8 Å². The van der Waals surface area contributed by atoms with Gasteiger partial charge in [0, 0.05) is 31.0 Å². The molecule has 1 amide bonds. The number of amides is 1. The van der Waals surface area contributed by atoms with Crippen LogP contribution >= 0.6 is 0 Å². The molecule has 5 nitrogen and oxygen atoms in total. The van der Waals surface area contributed by atoms with Crippen LogP contribution in [0.15, 0.2) is 29.2 Å². The SMILES string of the molecule is Nc1cccc2c1c(=O)c(C(=O)N1CCCCC1)cn2C1CC1. The van der Waals surface area contributed by atoms with E-state index in [0.29, 0.717) is 17.1 Å². The van der Waals surface area contributed by atoms with E-state index in [0.717, 1.165) is 50.7 Å². The third-order valence-corrected chi connectivity index (χ3v) is 4.91.